The fourth-order valence-electron chi connectivity index (χ4n) is 3.86. The summed E-state index contributed by atoms with van der Waals surface area (Å²) in [5.74, 6) is -6.15. The summed E-state index contributed by atoms with van der Waals surface area (Å²) in [5, 5.41) is 28.3. The van der Waals surface area contributed by atoms with Gasteiger partial charge in [-0.1, -0.05) is 17.7 Å². The molecule has 1 aromatic carbocycles. The summed E-state index contributed by atoms with van der Waals surface area (Å²) in [6.07, 6.45) is -11.4. The van der Waals surface area contributed by atoms with Gasteiger partial charge in [-0.15, -0.1) is 0 Å². The van der Waals surface area contributed by atoms with E-state index in [2.05, 4.69) is 10.4 Å². The van der Waals surface area contributed by atoms with Crippen LogP contribution in [0.5, 0.6) is 0 Å². The van der Waals surface area contributed by atoms with Gasteiger partial charge in [0.1, 0.15) is 5.69 Å². The second-order valence-corrected chi connectivity index (χ2v) is 7.76. The fraction of sp³-hybridized carbons (Fsp3) is 0.421. The molecule has 0 fully saturated rings. The van der Waals surface area contributed by atoms with Gasteiger partial charge in [0.2, 0.25) is 0 Å². The number of hydrogen-bond acceptors (Lipinski definition) is 6. The summed E-state index contributed by atoms with van der Waals surface area (Å²) in [7, 11) is 0. The van der Waals surface area contributed by atoms with E-state index in [-0.39, 0.29) is 46.4 Å². The van der Waals surface area contributed by atoms with Crippen molar-refractivity contribution in [2.75, 3.05) is 13.1 Å². The van der Waals surface area contributed by atoms with Crippen LogP contribution >= 0.6 is 11.6 Å². The minimum atomic E-state index is -5.23. The van der Waals surface area contributed by atoms with Crippen molar-refractivity contribution in [1.82, 2.24) is 15.1 Å². The lowest BCUT2D eigenvalue weighted by atomic mass is 9.81. The van der Waals surface area contributed by atoms with Crippen LogP contribution in [-0.2, 0) is 28.4 Å². The molecule has 7 nitrogen and oxygen atoms in total. The molecule has 2 atom stereocenters. The monoisotopic (exact) mass is 497 g/mol. The van der Waals surface area contributed by atoms with Crippen molar-refractivity contribution in [3.05, 3.63) is 45.7 Å². The van der Waals surface area contributed by atoms with Crippen LogP contribution in [0.15, 0.2) is 18.2 Å². The van der Waals surface area contributed by atoms with Crippen LogP contribution in [0, 0.1) is 5.92 Å². The minimum absolute atomic E-state index is 0.00409. The first-order chi connectivity index (χ1) is 15.2. The predicted molar refractivity (Wildman–Crippen MR) is 96.0 cm³/mol. The summed E-state index contributed by atoms with van der Waals surface area (Å²) >= 11 is 6.11. The number of carbonyl (C=O) groups is 2. The molecular formula is C19H14ClF6N3O4-2. The van der Waals surface area contributed by atoms with E-state index in [9.17, 15) is 46.1 Å². The zero-order valence-corrected chi connectivity index (χ0v) is 17.1. The molecule has 0 saturated carbocycles. The van der Waals surface area contributed by atoms with Gasteiger partial charge in [-0.3, -0.25) is 0 Å². The number of aromatic nitrogens is 2. The van der Waals surface area contributed by atoms with Crippen molar-refractivity contribution in [2.45, 2.75) is 31.1 Å². The molecule has 2 unspecified atom stereocenters. The molecule has 0 aliphatic carbocycles. The van der Waals surface area contributed by atoms with E-state index >= 15 is 0 Å². The van der Waals surface area contributed by atoms with Crippen molar-refractivity contribution >= 4 is 23.5 Å². The van der Waals surface area contributed by atoms with Crippen molar-refractivity contribution in [3.63, 3.8) is 0 Å². The molecule has 1 aromatic heterocycles. The fourth-order valence-corrected chi connectivity index (χ4v) is 4.12. The number of rotatable bonds is 5. The molecule has 3 rings (SSSR count). The smallest absolute Gasteiger partial charge is 0.435 e. The second-order valence-electron chi connectivity index (χ2n) is 7.35. The third kappa shape index (κ3) is 5.08. The Balaban J connectivity index is 2.28. The molecular weight excluding hydrogens is 484 g/mol. The lowest BCUT2D eigenvalue weighted by Crippen LogP contribution is -2.41. The lowest BCUT2D eigenvalue weighted by molar-refractivity contribution is -0.321. The largest absolute Gasteiger partial charge is 0.550 e. The van der Waals surface area contributed by atoms with Gasteiger partial charge in [-0.05, 0) is 36.6 Å². The van der Waals surface area contributed by atoms with Crippen LogP contribution in [0.1, 0.15) is 34.9 Å². The maximum Gasteiger partial charge on any atom is 0.435 e. The van der Waals surface area contributed by atoms with Crippen molar-refractivity contribution < 1.29 is 46.1 Å². The van der Waals surface area contributed by atoms with Crippen LogP contribution < -0.4 is 15.5 Å². The van der Waals surface area contributed by atoms with E-state index in [4.69, 9.17) is 11.6 Å². The lowest BCUT2D eigenvalue weighted by Gasteiger charge is -2.30. The second kappa shape index (κ2) is 8.86. The number of alkyl halides is 6. The van der Waals surface area contributed by atoms with Gasteiger partial charge < -0.3 is 25.1 Å². The molecule has 0 spiro atoms. The molecule has 2 heterocycles. The van der Waals surface area contributed by atoms with E-state index in [1.54, 1.807) is 0 Å². The number of aliphatic carboxylic acids is 2. The molecule has 2 aromatic rings. The highest BCUT2D eigenvalue weighted by atomic mass is 35.5. The number of hydrogen-bond donors (Lipinski definition) is 1. The average Bonchev–Trinajstić information content (AvgIpc) is 3.03. The van der Waals surface area contributed by atoms with E-state index in [0.717, 1.165) is 6.07 Å². The summed E-state index contributed by atoms with van der Waals surface area (Å²) in [6, 6.07) is 2.24. The number of carboxylic acid groups (broad SMARTS) is 2. The highest BCUT2D eigenvalue weighted by molar-refractivity contribution is 6.32. The van der Waals surface area contributed by atoms with Crippen molar-refractivity contribution in [3.8, 4) is 5.69 Å². The number of nitrogens with one attached hydrogen (secondary N) is 1. The van der Waals surface area contributed by atoms with E-state index in [0.29, 0.717) is 0 Å². The first-order valence-corrected chi connectivity index (χ1v) is 9.77. The SMILES string of the molecule is O=C([O-])CC(C(=O)[O-])C1CNCCc2c1ccc(Cl)c2-n1nc(C(F)(F)F)cc1C(F)(F)F. The molecule has 0 radical (unpaired) electrons. The number of benzene rings is 1. The zero-order chi connectivity index (χ0) is 24.7. The molecule has 33 heavy (non-hydrogen) atoms. The van der Waals surface area contributed by atoms with Gasteiger partial charge in [0.05, 0.1) is 10.7 Å². The third-order valence-corrected chi connectivity index (χ3v) is 5.57. The number of halogens is 7. The number of fused-ring (bicyclic) bond motifs is 1. The summed E-state index contributed by atoms with van der Waals surface area (Å²) < 4.78 is 80.3. The third-order valence-electron chi connectivity index (χ3n) is 5.26. The summed E-state index contributed by atoms with van der Waals surface area (Å²) in [4.78, 5) is 22.7. The van der Waals surface area contributed by atoms with Crippen molar-refractivity contribution in [2.24, 2.45) is 5.92 Å². The number of carboxylic acids is 2. The van der Waals surface area contributed by atoms with Gasteiger partial charge in [0.15, 0.2) is 5.69 Å². The minimum Gasteiger partial charge on any atom is -0.550 e. The molecule has 180 valence electrons. The molecule has 0 saturated heterocycles. The first-order valence-electron chi connectivity index (χ1n) is 9.39. The highest BCUT2D eigenvalue weighted by Gasteiger charge is 2.43. The highest BCUT2D eigenvalue weighted by Crippen LogP contribution is 2.41. The Morgan fingerprint density at radius 3 is 2.39 bits per heavy atom. The Bertz CT molecular complexity index is 1080. The van der Waals surface area contributed by atoms with Gasteiger partial charge >= 0.3 is 12.4 Å². The standard InChI is InChI=1S/C19H16ClF6N3O4/c20-12-2-1-8-9(3-4-27-7-11(8)10(17(32)33)5-15(30)31)16(12)29-14(19(24,25)26)6-13(28-29)18(21,22)23/h1-2,6,10-11,27H,3-5,7H2,(H,30,31)(H,32,33)/p-2. The number of carbonyl (C=O) groups excluding carboxylic acids is 2. The van der Waals surface area contributed by atoms with Crippen LogP contribution in [0.25, 0.3) is 5.69 Å². The quantitative estimate of drug-likeness (QED) is 0.624. The van der Waals surface area contributed by atoms with Crippen LogP contribution in [0.3, 0.4) is 0 Å². The van der Waals surface area contributed by atoms with E-state index in [1.165, 1.54) is 6.07 Å². The van der Waals surface area contributed by atoms with Gasteiger partial charge in [0.25, 0.3) is 0 Å². The normalized spacial score (nSPS) is 17.8. The Kier molecular flexibility index (Phi) is 6.67. The summed E-state index contributed by atoms with van der Waals surface area (Å²) in [5.41, 5.74) is -3.92. The van der Waals surface area contributed by atoms with Crippen LogP contribution in [0.4, 0.5) is 26.3 Å². The van der Waals surface area contributed by atoms with Crippen LogP contribution in [-0.4, -0.2) is 34.8 Å². The Hall–Kier alpha value is -2.80. The van der Waals surface area contributed by atoms with E-state index < -0.39 is 59.6 Å². The maximum absolute atomic E-state index is 13.6. The van der Waals surface area contributed by atoms with E-state index in [1.807, 2.05) is 0 Å². The first kappa shape index (κ1) is 24.8. The predicted octanol–water partition coefficient (Wildman–Crippen LogP) is 1.30. The Morgan fingerprint density at radius 2 is 1.85 bits per heavy atom. The molecule has 1 aliphatic rings. The molecule has 0 bridgehead atoms. The average molecular weight is 498 g/mol. The van der Waals surface area contributed by atoms with Crippen molar-refractivity contribution in [1.29, 1.82) is 0 Å². The van der Waals surface area contributed by atoms with Gasteiger partial charge in [-0.2, -0.15) is 31.4 Å². The Morgan fingerprint density at radius 1 is 1.18 bits per heavy atom. The molecule has 0 amide bonds. The van der Waals surface area contributed by atoms with Crippen LogP contribution in [0.2, 0.25) is 5.02 Å². The summed E-state index contributed by atoms with van der Waals surface area (Å²) in [6.45, 7) is 0.00964. The number of nitrogens with zero attached hydrogens (tertiary/aromatic N) is 2. The topological polar surface area (TPSA) is 110 Å². The zero-order valence-electron chi connectivity index (χ0n) is 16.4. The molecule has 14 heteroatoms. The molecule has 1 N–H and O–H groups in total. The van der Waals surface area contributed by atoms with Gasteiger partial charge in [0, 0.05) is 36.4 Å². The molecule has 1 aliphatic heterocycles. The Labute approximate surface area is 186 Å². The maximum atomic E-state index is 13.6. The van der Waals surface area contributed by atoms with Gasteiger partial charge in [-0.25, -0.2) is 4.68 Å².